The molecule has 4 nitrogen and oxygen atoms in total. The highest BCUT2D eigenvalue weighted by Crippen LogP contribution is 2.37. The van der Waals surface area contributed by atoms with Gasteiger partial charge in [-0.1, -0.05) is 25.1 Å². The molecule has 1 aliphatic carbocycles. The van der Waals surface area contributed by atoms with Crippen LogP contribution >= 0.6 is 0 Å². The van der Waals surface area contributed by atoms with Gasteiger partial charge in [-0.25, -0.2) is 0 Å². The van der Waals surface area contributed by atoms with Crippen LogP contribution in [0.25, 0.3) is 22.2 Å². The van der Waals surface area contributed by atoms with Crippen LogP contribution in [0.1, 0.15) is 37.8 Å². The highest BCUT2D eigenvalue weighted by molar-refractivity contribution is 5.93. The van der Waals surface area contributed by atoms with Gasteiger partial charge < -0.3 is 9.51 Å². The highest BCUT2D eigenvalue weighted by Gasteiger charge is 2.28. The molecule has 0 saturated carbocycles. The van der Waals surface area contributed by atoms with Crippen molar-refractivity contribution in [3.8, 4) is 11.3 Å². The van der Waals surface area contributed by atoms with Gasteiger partial charge in [0.15, 0.2) is 0 Å². The topological polar surface area (TPSA) is 45.1 Å². The molecule has 0 aliphatic heterocycles. The first-order valence-electron chi connectivity index (χ1n) is 9.08. The van der Waals surface area contributed by atoms with Crippen molar-refractivity contribution in [2.45, 2.75) is 45.6 Å². The molecule has 1 N–H and O–H groups in total. The lowest BCUT2D eigenvalue weighted by molar-refractivity contribution is 0.192. The first-order valence-corrected chi connectivity index (χ1v) is 9.08. The zero-order valence-electron chi connectivity index (χ0n) is 14.5. The standard InChI is InChI=1S/C20H25N3O/c1-3-8-23(9-4-2)15-11-14-13-21-19-6-5-16(17(12-15)20(14)19)18-7-10-24-22-18/h5-7,10,13,15,21H,3-4,8-9,11-12H2,1-2H3/t15-/m1/s1. The molecule has 0 radical (unpaired) electrons. The van der Waals surface area contributed by atoms with Crippen LogP contribution in [0, 0.1) is 0 Å². The number of nitrogens with one attached hydrogen (secondary N) is 1. The molecule has 4 rings (SSSR count). The summed E-state index contributed by atoms with van der Waals surface area (Å²) in [7, 11) is 0. The summed E-state index contributed by atoms with van der Waals surface area (Å²) in [5.74, 6) is 0. The van der Waals surface area contributed by atoms with Crippen LogP contribution < -0.4 is 0 Å². The molecule has 0 unspecified atom stereocenters. The van der Waals surface area contributed by atoms with E-state index in [0.717, 1.165) is 18.5 Å². The van der Waals surface area contributed by atoms with Gasteiger partial charge >= 0.3 is 0 Å². The Bertz CT molecular complexity index is 813. The number of benzene rings is 1. The lowest BCUT2D eigenvalue weighted by Crippen LogP contribution is -2.41. The zero-order valence-corrected chi connectivity index (χ0v) is 14.5. The zero-order chi connectivity index (χ0) is 16.5. The van der Waals surface area contributed by atoms with Crippen molar-refractivity contribution >= 4 is 10.9 Å². The molecular weight excluding hydrogens is 298 g/mol. The van der Waals surface area contributed by atoms with Crippen molar-refractivity contribution in [1.29, 1.82) is 0 Å². The van der Waals surface area contributed by atoms with Crippen molar-refractivity contribution < 1.29 is 4.52 Å². The summed E-state index contributed by atoms with van der Waals surface area (Å²) in [6.45, 7) is 6.89. The Hall–Kier alpha value is -2.07. The van der Waals surface area contributed by atoms with E-state index in [1.54, 1.807) is 6.26 Å². The van der Waals surface area contributed by atoms with E-state index in [1.165, 1.54) is 53.5 Å². The van der Waals surface area contributed by atoms with Gasteiger partial charge in [0.2, 0.25) is 0 Å². The molecule has 0 fully saturated rings. The van der Waals surface area contributed by atoms with Gasteiger partial charge in [-0.3, -0.25) is 4.90 Å². The molecule has 1 aromatic carbocycles. The fraction of sp³-hybridized carbons (Fsp3) is 0.450. The predicted molar refractivity (Wildman–Crippen MR) is 97.1 cm³/mol. The third-order valence-electron chi connectivity index (χ3n) is 5.18. The molecule has 0 saturated heterocycles. The van der Waals surface area contributed by atoms with Crippen LogP contribution in [0.5, 0.6) is 0 Å². The average molecular weight is 323 g/mol. The molecule has 126 valence electrons. The largest absolute Gasteiger partial charge is 0.364 e. The average Bonchev–Trinajstić information content (AvgIpc) is 3.26. The van der Waals surface area contributed by atoms with Crippen molar-refractivity contribution in [2.75, 3.05) is 13.1 Å². The second-order valence-electron chi connectivity index (χ2n) is 6.81. The number of aromatic nitrogens is 2. The fourth-order valence-electron chi connectivity index (χ4n) is 4.21. The summed E-state index contributed by atoms with van der Waals surface area (Å²) >= 11 is 0. The first-order chi connectivity index (χ1) is 11.8. The fourth-order valence-corrected chi connectivity index (χ4v) is 4.21. The van der Waals surface area contributed by atoms with Crippen LogP contribution in [-0.2, 0) is 12.8 Å². The van der Waals surface area contributed by atoms with Crippen LogP contribution in [0.4, 0.5) is 0 Å². The summed E-state index contributed by atoms with van der Waals surface area (Å²) in [6, 6.07) is 6.89. The molecule has 24 heavy (non-hydrogen) atoms. The highest BCUT2D eigenvalue weighted by atomic mass is 16.5. The van der Waals surface area contributed by atoms with E-state index in [2.05, 4.69) is 47.2 Å². The summed E-state index contributed by atoms with van der Waals surface area (Å²) in [6.07, 6.45) is 8.49. The number of hydrogen-bond acceptors (Lipinski definition) is 3. The number of rotatable bonds is 6. The number of H-pyrrole nitrogens is 1. The van der Waals surface area contributed by atoms with E-state index in [4.69, 9.17) is 4.52 Å². The lowest BCUT2D eigenvalue weighted by Gasteiger charge is -2.34. The Morgan fingerprint density at radius 3 is 2.71 bits per heavy atom. The van der Waals surface area contributed by atoms with Crippen molar-refractivity contribution in [3.05, 3.63) is 41.8 Å². The molecular formula is C20H25N3O. The Morgan fingerprint density at radius 1 is 1.17 bits per heavy atom. The Labute approximate surface area is 142 Å². The maximum Gasteiger partial charge on any atom is 0.124 e. The van der Waals surface area contributed by atoms with Gasteiger partial charge in [0.1, 0.15) is 12.0 Å². The van der Waals surface area contributed by atoms with E-state index in [9.17, 15) is 0 Å². The molecule has 4 heteroatoms. The van der Waals surface area contributed by atoms with Crippen LogP contribution in [0.2, 0.25) is 0 Å². The molecule has 2 heterocycles. The monoisotopic (exact) mass is 323 g/mol. The van der Waals surface area contributed by atoms with Gasteiger partial charge in [0.05, 0.1) is 0 Å². The second kappa shape index (κ2) is 6.44. The summed E-state index contributed by atoms with van der Waals surface area (Å²) < 4.78 is 5.09. The van der Waals surface area contributed by atoms with E-state index < -0.39 is 0 Å². The maximum atomic E-state index is 5.09. The van der Waals surface area contributed by atoms with Crippen molar-refractivity contribution in [1.82, 2.24) is 15.0 Å². The van der Waals surface area contributed by atoms with Gasteiger partial charge in [-0.15, -0.1) is 0 Å². The minimum absolute atomic E-state index is 0.574. The molecule has 0 spiro atoms. The Kier molecular flexibility index (Phi) is 4.15. The van der Waals surface area contributed by atoms with E-state index in [1.807, 2.05) is 6.07 Å². The van der Waals surface area contributed by atoms with Gasteiger partial charge in [-0.05, 0) is 56.0 Å². The molecule has 1 atom stereocenters. The molecule has 2 aromatic heterocycles. The second-order valence-corrected chi connectivity index (χ2v) is 6.81. The molecule has 0 amide bonds. The Balaban J connectivity index is 1.78. The predicted octanol–water partition coefficient (Wildman–Crippen LogP) is 4.41. The quantitative estimate of drug-likeness (QED) is 0.730. The van der Waals surface area contributed by atoms with Crippen molar-refractivity contribution in [2.24, 2.45) is 0 Å². The summed E-state index contributed by atoms with van der Waals surface area (Å²) in [5, 5.41) is 5.59. The molecule has 3 aromatic rings. The van der Waals surface area contributed by atoms with Gasteiger partial charge in [0, 0.05) is 34.8 Å². The maximum absolute atomic E-state index is 5.09. The van der Waals surface area contributed by atoms with Crippen LogP contribution in [-0.4, -0.2) is 34.2 Å². The van der Waals surface area contributed by atoms with Crippen molar-refractivity contribution in [3.63, 3.8) is 0 Å². The molecule has 0 bridgehead atoms. The minimum atomic E-state index is 0.574. The van der Waals surface area contributed by atoms with Crippen LogP contribution in [0.3, 0.4) is 0 Å². The minimum Gasteiger partial charge on any atom is -0.364 e. The van der Waals surface area contributed by atoms with E-state index in [0.29, 0.717) is 6.04 Å². The van der Waals surface area contributed by atoms with Gasteiger partial charge in [-0.2, -0.15) is 0 Å². The lowest BCUT2D eigenvalue weighted by atomic mass is 9.84. The van der Waals surface area contributed by atoms with E-state index >= 15 is 0 Å². The SMILES string of the molecule is CCCN(CCC)[C@@H]1Cc2c[nH]c3ccc(-c4ccon4)c(c23)C1. The summed E-state index contributed by atoms with van der Waals surface area (Å²) in [4.78, 5) is 6.12. The third-order valence-corrected chi connectivity index (χ3v) is 5.18. The normalized spacial score (nSPS) is 17.0. The third kappa shape index (κ3) is 2.55. The Morgan fingerprint density at radius 2 is 2.00 bits per heavy atom. The smallest absolute Gasteiger partial charge is 0.124 e. The molecule has 1 aliphatic rings. The van der Waals surface area contributed by atoms with Crippen LogP contribution in [0.15, 0.2) is 35.2 Å². The van der Waals surface area contributed by atoms with E-state index in [-0.39, 0.29) is 0 Å². The summed E-state index contributed by atoms with van der Waals surface area (Å²) in [5.41, 5.74) is 6.26. The van der Waals surface area contributed by atoms with Gasteiger partial charge in [0.25, 0.3) is 0 Å². The number of hydrogen-bond donors (Lipinski definition) is 1. The number of nitrogens with zero attached hydrogens (tertiary/aromatic N) is 2. The first kappa shape index (κ1) is 15.5. The number of aromatic amines is 1.